The predicted octanol–water partition coefficient (Wildman–Crippen LogP) is 4.91. The zero-order chi connectivity index (χ0) is 22.1. The fraction of sp³-hybridized carbons (Fsp3) is 0.318. The number of hydrazone groups is 1. The molecule has 1 amide bonds. The molecule has 0 fully saturated rings. The molecule has 0 bridgehead atoms. The van der Waals surface area contributed by atoms with Crippen molar-refractivity contribution in [3.8, 4) is 5.88 Å². The largest absolute Gasteiger partial charge is 0.475 e. The summed E-state index contributed by atoms with van der Waals surface area (Å²) in [6.45, 7) is 6.32. The number of nitrogens with zero attached hydrogens (tertiary/aromatic N) is 4. The highest BCUT2D eigenvalue weighted by molar-refractivity contribution is 9.10. The molecule has 0 aliphatic carbocycles. The molecular formula is C22H26BrFN4O2. The number of hydrogen-bond donors (Lipinski definition) is 0. The summed E-state index contributed by atoms with van der Waals surface area (Å²) in [5.74, 6) is -0.335. The number of hydrogen-bond acceptors (Lipinski definition) is 5. The van der Waals surface area contributed by atoms with E-state index in [2.05, 4.69) is 26.0 Å². The Balaban J connectivity index is 2.21. The van der Waals surface area contributed by atoms with E-state index in [-0.39, 0.29) is 29.8 Å². The van der Waals surface area contributed by atoms with Crippen molar-refractivity contribution in [2.24, 2.45) is 5.10 Å². The molecular weight excluding hydrogens is 451 g/mol. The third kappa shape index (κ3) is 6.13. The highest BCUT2D eigenvalue weighted by Crippen LogP contribution is 2.26. The van der Waals surface area contributed by atoms with Crippen molar-refractivity contribution >= 4 is 33.7 Å². The Morgan fingerprint density at radius 1 is 1.37 bits per heavy atom. The van der Waals surface area contributed by atoms with Crippen LogP contribution < -0.4 is 9.75 Å². The van der Waals surface area contributed by atoms with E-state index in [1.165, 1.54) is 17.1 Å². The summed E-state index contributed by atoms with van der Waals surface area (Å²) in [5, 5.41) is 5.54. The van der Waals surface area contributed by atoms with E-state index in [1.54, 1.807) is 42.6 Å². The van der Waals surface area contributed by atoms with Gasteiger partial charge in [0.2, 0.25) is 5.88 Å². The predicted molar refractivity (Wildman–Crippen MR) is 122 cm³/mol. The van der Waals surface area contributed by atoms with Crippen molar-refractivity contribution in [3.05, 3.63) is 64.5 Å². The average Bonchev–Trinajstić information content (AvgIpc) is 2.73. The van der Waals surface area contributed by atoms with Gasteiger partial charge in [-0.3, -0.25) is 9.80 Å². The number of anilines is 1. The van der Waals surface area contributed by atoms with Gasteiger partial charge in [-0.2, -0.15) is 5.10 Å². The fourth-order valence-corrected chi connectivity index (χ4v) is 3.09. The third-order valence-corrected chi connectivity index (χ3v) is 4.83. The Bertz CT molecular complexity index is 903. The number of carbonyl (C=O) groups excluding carboxylic acids is 1. The normalized spacial score (nSPS) is 12.3. The summed E-state index contributed by atoms with van der Waals surface area (Å²) in [7, 11) is 1.61. The third-order valence-electron chi connectivity index (χ3n) is 4.37. The number of amides is 1. The second kappa shape index (κ2) is 11.4. The Morgan fingerprint density at radius 3 is 2.77 bits per heavy atom. The van der Waals surface area contributed by atoms with Crippen LogP contribution >= 0.6 is 15.9 Å². The van der Waals surface area contributed by atoms with E-state index in [0.29, 0.717) is 12.4 Å². The van der Waals surface area contributed by atoms with Crippen LogP contribution in [0.1, 0.15) is 31.1 Å². The maximum Gasteiger partial charge on any atom is 0.256 e. The van der Waals surface area contributed by atoms with E-state index in [9.17, 15) is 9.18 Å². The van der Waals surface area contributed by atoms with E-state index >= 15 is 0 Å². The van der Waals surface area contributed by atoms with E-state index in [0.717, 1.165) is 4.47 Å². The summed E-state index contributed by atoms with van der Waals surface area (Å²) in [6, 6.07) is 7.78. The molecule has 1 aromatic carbocycles. The van der Waals surface area contributed by atoms with Crippen LogP contribution in [0.3, 0.4) is 0 Å². The van der Waals surface area contributed by atoms with Crippen molar-refractivity contribution < 1.29 is 13.9 Å². The molecule has 1 aromatic heterocycles. The second-order valence-corrected chi connectivity index (χ2v) is 7.43. The first-order valence-electron chi connectivity index (χ1n) is 9.61. The molecule has 0 spiro atoms. The van der Waals surface area contributed by atoms with Crippen LogP contribution in [0.2, 0.25) is 0 Å². The molecule has 0 saturated heterocycles. The van der Waals surface area contributed by atoms with Crippen molar-refractivity contribution in [1.82, 2.24) is 9.88 Å². The van der Waals surface area contributed by atoms with Gasteiger partial charge in [0.1, 0.15) is 18.1 Å². The van der Waals surface area contributed by atoms with Gasteiger partial charge in [0.05, 0.1) is 11.6 Å². The minimum Gasteiger partial charge on any atom is -0.475 e. The highest BCUT2D eigenvalue weighted by atomic mass is 79.9. The molecule has 0 aliphatic heterocycles. The number of carbonyl (C=O) groups is 1. The maximum atomic E-state index is 14.6. The Morgan fingerprint density at radius 2 is 2.13 bits per heavy atom. The number of allylic oxidation sites excluding steroid dienone is 2. The van der Waals surface area contributed by atoms with Crippen LogP contribution in [-0.4, -0.2) is 48.2 Å². The van der Waals surface area contributed by atoms with Crippen LogP contribution in [0, 0.1) is 5.82 Å². The van der Waals surface area contributed by atoms with Crippen LogP contribution in [0.5, 0.6) is 5.88 Å². The summed E-state index contributed by atoms with van der Waals surface area (Å²) in [5.41, 5.74) is 0.370. The van der Waals surface area contributed by atoms with Gasteiger partial charge in [-0.25, -0.2) is 9.37 Å². The van der Waals surface area contributed by atoms with Gasteiger partial charge in [-0.05, 0) is 61.0 Å². The molecule has 0 saturated carbocycles. The lowest BCUT2D eigenvalue weighted by Gasteiger charge is -2.29. The minimum atomic E-state index is -0.514. The lowest BCUT2D eigenvalue weighted by atomic mass is 10.1. The minimum absolute atomic E-state index is 0.129. The zero-order valence-corrected chi connectivity index (χ0v) is 19.1. The highest BCUT2D eigenvalue weighted by Gasteiger charge is 2.25. The SMILES string of the molecule is C/C=C\C=N/N(C)c1c(F)cccc1C(=O)N(CC)C(C)COc1ccc(Br)cn1. The topological polar surface area (TPSA) is 58.0 Å². The summed E-state index contributed by atoms with van der Waals surface area (Å²) >= 11 is 3.33. The van der Waals surface area contributed by atoms with Crippen molar-refractivity contribution in [2.45, 2.75) is 26.8 Å². The van der Waals surface area contributed by atoms with Gasteiger partial charge in [0.25, 0.3) is 5.91 Å². The summed E-state index contributed by atoms with van der Waals surface area (Å²) in [4.78, 5) is 19.1. The quantitative estimate of drug-likeness (QED) is 0.381. The molecule has 1 atom stereocenters. The second-order valence-electron chi connectivity index (χ2n) is 6.52. The zero-order valence-electron chi connectivity index (χ0n) is 17.5. The lowest BCUT2D eigenvalue weighted by Crippen LogP contribution is -2.42. The van der Waals surface area contributed by atoms with E-state index in [1.807, 2.05) is 32.9 Å². The van der Waals surface area contributed by atoms with E-state index < -0.39 is 5.82 Å². The number of pyridine rings is 1. The molecule has 6 nitrogen and oxygen atoms in total. The number of ether oxygens (including phenoxy) is 1. The van der Waals surface area contributed by atoms with Gasteiger partial charge in [-0.1, -0.05) is 12.1 Å². The number of rotatable bonds is 9. The van der Waals surface area contributed by atoms with E-state index in [4.69, 9.17) is 4.74 Å². The molecule has 2 rings (SSSR count). The number of halogens is 2. The number of para-hydroxylation sites is 1. The van der Waals surface area contributed by atoms with Crippen LogP contribution in [0.4, 0.5) is 10.1 Å². The van der Waals surface area contributed by atoms with Gasteiger partial charge in [0, 0.05) is 36.5 Å². The first-order valence-corrected chi connectivity index (χ1v) is 10.4. The lowest BCUT2D eigenvalue weighted by molar-refractivity contribution is 0.0646. The summed E-state index contributed by atoms with van der Waals surface area (Å²) < 4.78 is 21.2. The fourth-order valence-electron chi connectivity index (χ4n) is 2.85. The van der Waals surface area contributed by atoms with Crippen LogP contribution in [0.25, 0.3) is 0 Å². The van der Waals surface area contributed by atoms with Gasteiger partial charge < -0.3 is 9.64 Å². The molecule has 1 heterocycles. The van der Waals surface area contributed by atoms with Gasteiger partial charge in [0.15, 0.2) is 0 Å². The monoisotopic (exact) mass is 476 g/mol. The Kier molecular flexibility index (Phi) is 8.98. The van der Waals surface area contributed by atoms with Gasteiger partial charge in [-0.15, -0.1) is 0 Å². The van der Waals surface area contributed by atoms with Crippen LogP contribution in [0.15, 0.2) is 58.3 Å². The molecule has 8 heteroatoms. The smallest absolute Gasteiger partial charge is 0.256 e. The number of likely N-dealkylation sites (N-methyl/N-ethyl adjacent to an activating group) is 1. The number of aromatic nitrogens is 1. The molecule has 1 unspecified atom stereocenters. The standard InChI is InChI=1S/C22H26BrFN4O2/c1-5-7-13-26-27(4)21-18(9-8-10-19(21)24)22(29)28(6-2)16(3)15-30-20-12-11-17(23)14-25-20/h5,7-14,16H,6,15H2,1-4H3/b7-5-,26-13-. The van der Waals surface area contributed by atoms with Crippen molar-refractivity contribution in [2.75, 3.05) is 25.2 Å². The first kappa shape index (κ1) is 23.5. The van der Waals surface area contributed by atoms with Crippen molar-refractivity contribution in [3.63, 3.8) is 0 Å². The average molecular weight is 477 g/mol. The Hall–Kier alpha value is -2.74. The summed E-state index contributed by atoms with van der Waals surface area (Å²) in [6.07, 6.45) is 6.73. The molecule has 160 valence electrons. The molecule has 0 radical (unpaired) electrons. The van der Waals surface area contributed by atoms with Crippen LogP contribution in [-0.2, 0) is 0 Å². The number of benzene rings is 1. The maximum absolute atomic E-state index is 14.6. The molecule has 30 heavy (non-hydrogen) atoms. The first-order chi connectivity index (χ1) is 14.4. The molecule has 0 aliphatic rings. The Labute approximate surface area is 185 Å². The van der Waals surface area contributed by atoms with Gasteiger partial charge >= 0.3 is 0 Å². The molecule has 0 N–H and O–H groups in total. The molecule has 2 aromatic rings. The van der Waals surface area contributed by atoms with Crippen molar-refractivity contribution in [1.29, 1.82) is 0 Å².